The molecule has 0 aromatic rings. The lowest BCUT2D eigenvalue weighted by Crippen LogP contribution is -2.39. The predicted octanol–water partition coefficient (Wildman–Crippen LogP) is 5.59. The maximum atomic E-state index is 12.9. The summed E-state index contributed by atoms with van der Waals surface area (Å²) in [7, 11) is 1.37. The van der Waals surface area contributed by atoms with E-state index in [0.717, 1.165) is 31.3 Å². The third-order valence-electron chi connectivity index (χ3n) is 7.37. The molecule has 0 amide bonds. The van der Waals surface area contributed by atoms with Crippen molar-refractivity contribution in [3.05, 3.63) is 48.1 Å². The van der Waals surface area contributed by atoms with Crippen molar-refractivity contribution in [3.8, 4) is 0 Å². The standard InChI is InChI=1S/C31H44O7/c1-21(16-30(33)35-4)9-6-5-7-12-29-23(3)14-13-22(2)15-25-10-8-11-26(36-25)19-27-17-24(32)18-28(37-27)20-31(34)38-29/h5-7,9,12-14,22-23,25-29H,8,10-11,15-20H2,1-4H3/b6-5-,12-7+,14-13+,21-9+/t22-,23-,25?,26-,27+,28-,29-/m0/s1. The van der Waals surface area contributed by atoms with Gasteiger partial charge in [0.25, 0.3) is 0 Å². The zero-order valence-corrected chi connectivity index (χ0v) is 23.3. The highest BCUT2D eigenvalue weighted by Gasteiger charge is 2.34. The molecule has 7 atom stereocenters. The molecule has 0 saturated carbocycles. The Bertz CT molecular complexity index is 931. The fourth-order valence-corrected chi connectivity index (χ4v) is 5.33. The maximum absolute atomic E-state index is 12.9. The number of ketones is 1. The summed E-state index contributed by atoms with van der Waals surface area (Å²) in [6.07, 6.45) is 18.5. The van der Waals surface area contributed by atoms with Gasteiger partial charge in [-0.05, 0) is 44.6 Å². The van der Waals surface area contributed by atoms with Crippen LogP contribution in [0.3, 0.4) is 0 Å². The average Bonchev–Trinajstić information content (AvgIpc) is 2.85. The third-order valence-corrected chi connectivity index (χ3v) is 7.37. The van der Waals surface area contributed by atoms with Crippen LogP contribution in [0, 0.1) is 11.8 Å². The van der Waals surface area contributed by atoms with Gasteiger partial charge in [0.05, 0.1) is 44.4 Å². The molecule has 0 aliphatic carbocycles. The molecule has 210 valence electrons. The first-order valence-electron chi connectivity index (χ1n) is 14.0. The zero-order valence-electron chi connectivity index (χ0n) is 23.3. The number of hydrogen-bond acceptors (Lipinski definition) is 7. The molecule has 7 heteroatoms. The number of allylic oxidation sites excluding steroid dienone is 5. The summed E-state index contributed by atoms with van der Waals surface area (Å²) < 4.78 is 23.2. The zero-order chi connectivity index (χ0) is 27.5. The van der Waals surface area contributed by atoms with Crippen LogP contribution in [0.1, 0.15) is 78.6 Å². The summed E-state index contributed by atoms with van der Waals surface area (Å²) in [6.45, 7) is 6.09. The molecular formula is C31H44O7. The molecule has 0 N–H and O–H groups in total. The van der Waals surface area contributed by atoms with Crippen molar-refractivity contribution >= 4 is 17.7 Å². The number of cyclic esters (lactones) is 1. The molecule has 0 spiro atoms. The number of ether oxygens (including phenoxy) is 4. The molecule has 7 nitrogen and oxygen atoms in total. The Balaban J connectivity index is 1.73. The van der Waals surface area contributed by atoms with Crippen LogP contribution in [0.5, 0.6) is 0 Å². The monoisotopic (exact) mass is 528 g/mol. The van der Waals surface area contributed by atoms with Gasteiger partial charge in [-0.1, -0.05) is 55.9 Å². The fourth-order valence-electron chi connectivity index (χ4n) is 5.33. The van der Waals surface area contributed by atoms with Gasteiger partial charge in [0.1, 0.15) is 11.9 Å². The van der Waals surface area contributed by atoms with Gasteiger partial charge < -0.3 is 18.9 Å². The first-order chi connectivity index (χ1) is 18.2. The smallest absolute Gasteiger partial charge is 0.309 e. The molecule has 0 radical (unpaired) electrons. The van der Waals surface area contributed by atoms with E-state index in [-0.39, 0.29) is 61.2 Å². The first kappa shape index (κ1) is 30.0. The van der Waals surface area contributed by atoms with E-state index >= 15 is 0 Å². The molecule has 3 heterocycles. The molecular weight excluding hydrogens is 484 g/mol. The summed E-state index contributed by atoms with van der Waals surface area (Å²) >= 11 is 0. The molecule has 4 bridgehead atoms. The Morgan fingerprint density at radius 2 is 1.66 bits per heavy atom. The third kappa shape index (κ3) is 10.3. The lowest BCUT2D eigenvalue weighted by Gasteiger charge is -2.36. The van der Waals surface area contributed by atoms with Crippen LogP contribution >= 0.6 is 0 Å². The maximum Gasteiger partial charge on any atom is 0.309 e. The molecule has 0 aromatic heterocycles. The van der Waals surface area contributed by atoms with E-state index in [9.17, 15) is 14.4 Å². The van der Waals surface area contributed by atoms with Gasteiger partial charge in [0.2, 0.25) is 0 Å². The van der Waals surface area contributed by atoms with Crippen molar-refractivity contribution in [1.82, 2.24) is 0 Å². The Hall–Kier alpha value is -2.51. The predicted molar refractivity (Wildman–Crippen MR) is 145 cm³/mol. The van der Waals surface area contributed by atoms with Crippen molar-refractivity contribution in [3.63, 3.8) is 0 Å². The minimum atomic E-state index is -0.464. The van der Waals surface area contributed by atoms with Crippen LogP contribution in [-0.4, -0.2) is 55.4 Å². The number of fused-ring (bicyclic) bond motifs is 4. The van der Waals surface area contributed by atoms with Gasteiger partial charge in [0, 0.05) is 25.2 Å². The highest BCUT2D eigenvalue weighted by Crippen LogP contribution is 2.31. The lowest BCUT2D eigenvalue weighted by atomic mass is 9.91. The molecule has 3 aliphatic rings. The van der Waals surface area contributed by atoms with Crippen molar-refractivity contribution < 1.29 is 33.3 Å². The molecule has 0 aromatic carbocycles. The largest absolute Gasteiger partial charge is 0.469 e. The van der Waals surface area contributed by atoms with E-state index in [1.165, 1.54) is 7.11 Å². The van der Waals surface area contributed by atoms with Gasteiger partial charge >= 0.3 is 11.9 Å². The Morgan fingerprint density at radius 3 is 2.42 bits per heavy atom. The van der Waals surface area contributed by atoms with Crippen LogP contribution < -0.4 is 0 Å². The minimum Gasteiger partial charge on any atom is -0.469 e. The molecule has 3 aliphatic heterocycles. The van der Waals surface area contributed by atoms with Crippen molar-refractivity contribution in [2.75, 3.05) is 7.11 Å². The summed E-state index contributed by atoms with van der Waals surface area (Å²) in [5, 5.41) is 0. The number of hydrogen-bond donors (Lipinski definition) is 0. The number of carbonyl (C=O) groups is 3. The second-order valence-electron chi connectivity index (χ2n) is 11.0. The van der Waals surface area contributed by atoms with Gasteiger partial charge in [-0.2, -0.15) is 0 Å². The highest BCUT2D eigenvalue weighted by atomic mass is 16.6. The fraction of sp³-hybridized carbons (Fsp3) is 0.645. The van der Waals surface area contributed by atoms with Crippen molar-refractivity contribution in [2.45, 2.75) is 109 Å². The highest BCUT2D eigenvalue weighted by molar-refractivity contribution is 5.81. The van der Waals surface area contributed by atoms with Gasteiger partial charge in [-0.15, -0.1) is 0 Å². The average molecular weight is 529 g/mol. The van der Waals surface area contributed by atoms with E-state index in [1.807, 2.05) is 44.2 Å². The number of rotatable bonds is 5. The topological polar surface area (TPSA) is 88.1 Å². The minimum absolute atomic E-state index is 0.0442. The van der Waals surface area contributed by atoms with Crippen LogP contribution in [-0.2, 0) is 33.3 Å². The van der Waals surface area contributed by atoms with Gasteiger partial charge in [0.15, 0.2) is 0 Å². The number of carbonyl (C=O) groups excluding carboxylic acids is 3. The van der Waals surface area contributed by atoms with Crippen LogP contribution in [0.2, 0.25) is 0 Å². The molecule has 2 fully saturated rings. The molecule has 2 saturated heterocycles. The molecule has 3 rings (SSSR count). The van der Waals surface area contributed by atoms with Crippen LogP contribution in [0.4, 0.5) is 0 Å². The molecule has 38 heavy (non-hydrogen) atoms. The van der Waals surface area contributed by atoms with Gasteiger partial charge in [-0.3, -0.25) is 14.4 Å². The Labute approximate surface area is 227 Å². The van der Waals surface area contributed by atoms with Gasteiger partial charge in [-0.25, -0.2) is 0 Å². The summed E-state index contributed by atoms with van der Waals surface area (Å²) in [6, 6.07) is 0. The Kier molecular flexibility index (Phi) is 12.0. The van der Waals surface area contributed by atoms with Crippen LogP contribution in [0.25, 0.3) is 0 Å². The second-order valence-corrected chi connectivity index (χ2v) is 11.0. The first-order valence-corrected chi connectivity index (χ1v) is 14.0. The van der Waals surface area contributed by atoms with E-state index in [0.29, 0.717) is 18.8 Å². The number of Topliss-reactive ketones (excluding diaryl/α,β-unsaturated/α-hetero) is 1. The van der Waals surface area contributed by atoms with Crippen LogP contribution in [0.15, 0.2) is 48.1 Å². The summed E-state index contributed by atoms with van der Waals surface area (Å²) in [5.74, 6) is -0.230. The summed E-state index contributed by atoms with van der Waals surface area (Å²) in [5.41, 5.74) is 0.886. The second kappa shape index (κ2) is 15.2. The van der Waals surface area contributed by atoms with E-state index < -0.39 is 12.2 Å². The van der Waals surface area contributed by atoms with E-state index in [2.05, 4.69) is 23.8 Å². The van der Waals surface area contributed by atoms with E-state index in [1.54, 1.807) is 0 Å². The number of methoxy groups -OCH3 is 1. The van der Waals surface area contributed by atoms with Crippen molar-refractivity contribution in [1.29, 1.82) is 0 Å². The van der Waals surface area contributed by atoms with Crippen molar-refractivity contribution in [2.24, 2.45) is 11.8 Å². The SMILES string of the molecule is COC(=O)C/C(C)=C/C=C\C=C\[C@@H]1OC(=O)C[C@@H]2CC(=O)C[C@H](C[C@@H]3CCCC(C[C@@H](C)/C=C/[C@@H]1C)O3)O2. The lowest BCUT2D eigenvalue weighted by molar-refractivity contribution is -0.158. The quantitative estimate of drug-likeness (QED) is 0.261. The normalized spacial score (nSPS) is 34.7. The summed E-state index contributed by atoms with van der Waals surface area (Å²) in [4.78, 5) is 36.8. The Morgan fingerprint density at radius 1 is 0.947 bits per heavy atom. The number of esters is 2. The molecule has 1 unspecified atom stereocenters. The van der Waals surface area contributed by atoms with E-state index in [4.69, 9.17) is 14.2 Å².